The zero-order valence-corrected chi connectivity index (χ0v) is 10.7. The van der Waals surface area contributed by atoms with E-state index in [1.807, 2.05) is 43.3 Å². The molecule has 0 aliphatic heterocycles. The number of hydrogen-bond donors (Lipinski definition) is 1. The van der Waals surface area contributed by atoms with Gasteiger partial charge >= 0.3 is 0 Å². The Kier molecular flexibility index (Phi) is 4.37. The van der Waals surface area contributed by atoms with Crippen LogP contribution >= 0.6 is 0 Å². The van der Waals surface area contributed by atoms with Crippen LogP contribution < -0.4 is 10.5 Å². The molecule has 2 aromatic rings. The molecule has 0 amide bonds. The van der Waals surface area contributed by atoms with E-state index in [2.05, 4.69) is 18.2 Å². The fourth-order valence-electron chi connectivity index (χ4n) is 2.02. The van der Waals surface area contributed by atoms with Crippen LogP contribution in [-0.4, -0.2) is 6.61 Å². The first kappa shape index (κ1) is 12.7. The molecule has 2 nitrogen and oxygen atoms in total. The molecule has 0 aliphatic carbocycles. The first-order valence-electron chi connectivity index (χ1n) is 6.32. The Hall–Kier alpha value is -1.80. The molecule has 0 aliphatic rings. The Bertz CT molecular complexity index is 481. The van der Waals surface area contributed by atoms with E-state index >= 15 is 0 Å². The molecule has 0 bridgehead atoms. The maximum absolute atomic E-state index is 6.24. The SMILES string of the molecule is CCOc1ccccc1CC(N)c1ccccc1. The van der Waals surface area contributed by atoms with Gasteiger partial charge in [0.25, 0.3) is 0 Å². The summed E-state index contributed by atoms with van der Waals surface area (Å²) in [6.07, 6.45) is 0.792. The van der Waals surface area contributed by atoms with Gasteiger partial charge in [-0.2, -0.15) is 0 Å². The Balaban J connectivity index is 2.14. The molecule has 18 heavy (non-hydrogen) atoms. The Morgan fingerprint density at radius 2 is 1.67 bits per heavy atom. The molecule has 0 fully saturated rings. The molecule has 0 saturated heterocycles. The number of benzene rings is 2. The molecule has 0 saturated carbocycles. The standard InChI is InChI=1S/C16H19NO/c1-2-18-16-11-7-6-10-14(16)12-15(17)13-8-4-3-5-9-13/h3-11,15H,2,12,17H2,1H3. The maximum Gasteiger partial charge on any atom is 0.122 e. The van der Waals surface area contributed by atoms with E-state index in [0.717, 1.165) is 23.3 Å². The van der Waals surface area contributed by atoms with Crippen molar-refractivity contribution in [2.45, 2.75) is 19.4 Å². The smallest absolute Gasteiger partial charge is 0.122 e. The third kappa shape index (κ3) is 3.11. The van der Waals surface area contributed by atoms with Gasteiger partial charge in [0.15, 0.2) is 0 Å². The highest BCUT2D eigenvalue weighted by molar-refractivity contribution is 5.35. The third-order valence-electron chi connectivity index (χ3n) is 2.94. The minimum Gasteiger partial charge on any atom is -0.494 e. The Morgan fingerprint density at radius 1 is 1.00 bits per heavy atom. The summed E-state index contributed by atoms with van der Waals surface area (Å²) in [4.78, 5) is 0. The van der Waals surface area contributed by atoms with Crippen molar-refractivity contribution in [2.75, 3.05) is 6.61 Å². The average molecular weight is 241 g/mol. The predicted molar refractivity (Wildman–Crippen MR) is 74.7 cm³/mol. The fourth-order valence-corrected chi connectivity index (χ4v) is 2.02. The number of nitrogens with two attached hydrogens (primary N) is 1. The second-order valence-electron chi connectivity index (χ2n) is 4.26. The average Bonchev–Trinajstić information content (AvgIpc) is 2.42. The van der Waals surface area contributed by atoms with Crippen LogP contribution in [0, 0.1) is 0 Å². The molecule has 2 rings (SSSR count). The summed E-state index contributed by atoms with van der Waals surface area (Å²) in [5.74, 6) is 0.936. The molecule has 2 aromatic carbocycles. The first-order valence-corrected chi connectivity index (χ1v) is 6.32. The fraction of sp³-hybridized carbons (Fsp3) is 0.250. The summed E-state index contributed by atoms with van der Waals surface area (Å²) in [6, 6.07) is 18.3. The van der Waals surface area contributed by atoms with E-state index in [1.165, 1.54) is 0 Å². The first-order chi connectivity index (χ1) is 8.81. The molecule has 2 N–H and O–H groups in total. The molecule has 2 heteroatoms. The van der Waals surface area contributed by atoms with Gasteiger partial charge in [-0.3, -0.25) is 0 Å². The topological polar surface area (TPSA) is 35.2 Å². The van der Waals surface area contributed by atoms with E-state index in [9.17, 15) is 0 Å². The van der Waals surface area contributed by atoms with Crippen LogP contribution in [0.2, 0.25) is 0 Å². The largest absolute Gasteiger partial charge is 0.494 e. The van der Waals surface area contributed by atoms with Gasteiger partial charge in [-0.15, -0.1) is 0 Å². The van der Waals surface area contributed by atoms with E-state index in [-0.39, 0.29) is 6.04 Å². The highest BCUT2D eigenvalue weighted by Crippen LogP contribution is 2.23. The van der Waals surface area contributed by atoms with E-state index in [0.29, 0.717) is 6.61 Å². The normalized spacial score (nSPS) is 12.1. The molecular weight excluding hydrogens is 222 g/mol. The molecule has 0 aromatic heterocycles. The van der Waals surface area contributed by atoms with Crippen LogP contribution in [0.3, 0.4) is 0 Å². The summed E-state index contributed by atoms with van der Waals surface area (Å²) >= 11 is 0. The van der Waals surface area contributed by atoms with Gasteiger partial charge in [-0.25, -0.2) is 0 Å². The Labute approximate surface area is 108 Å². The van der Waals surface area contributed by atoms with Crippen molar-refractivity contribution < 1.29 is 4.74 Å². The number of hydrogen-bond acceptors (Lipinski definition) is 2. The third-order valence-corrected chi connectivity index (χ3v) is 2.94. The molecule has 94 valence electrons. The van der Waals surface area contributed by atoms with Crippen molar-refractivity contribution in [1.82, 2.24) is 0 Å². The number of ether oxygens (including phenoxy) is 1. The van der Waals surface area contributed by atoms with Crippen molar-refractivity contribution in [1.29, 1.82) is 0 Å². The number of rotatable bonds is 5. The monoisotopic (exact) mass is 241 g/mol. The van der Waals surface area contributed by atoms with Crippen LogP contribution in [0.4, 0.5) is 0 Å². The second-order valence-corrected chi connectivity index (χ2v) is 4.26. The lowest BCUT2D eigenvalue weighted by molar-refractivity contribution is 0.335. The summed E-state index contributed by atoms with van der Waals surface area (Å²) in [5.41, 5.74) is 8.56. The summed E-state index contributed by atoms with van der Waals surface area (Å²) in [6.45, 7) is 2.67. The molecule has 1 atom stereocenters. The van der Waals surface area contributed by atoms with Crippen molar-refractivity contribution in [3.8, 4) is 5.75 Å². The Morgan fingerprint density at radius 3 is 2.39 bits per heavy atom. The van der Waals surface area contributed by atoms with Crippen molar-refractivity contribution in [3.05, 3.63) is 65.7 Å². The van der Waals surface area contributed by atoms with E-state index < -0.39 is 0 Å². The van der Waals surface area contributed by atoms with Gasteiger partial charge in [0.2, 0.25) is 0 Å². The van der Waals surface area contributed by atoms with Crippen LogP contribution in [0.15, 0.2) is 54.6 Å². The molecule has 0 heterocycles. The van der Waals surface area contributed by atoms with Crippen LogP contribution in [0.5, 0.6) is 5.75 Å². The summed E-state index contributed by atoms with van der Waals surface area (Å²) < 4.78 is 5.62. The highest BCUT2D eigenvalue weighted by Gasteiger charge is 2.10. The van der Waals surface area contributed by atoms with Crippen molar-refractivity contribution in [2.24, 2.45) is 5.73 Å². The van der Waals surface area contributed by atoms with Crippen LogP contribution in [0.1, 0.15) is 24.1 Å². The maximum atomic E-state index is 6.24. The minimum atomic E-state index is 0.00723. The number of para-hydroxylation sites is 1. The van der Waals surface area contributed by atoms with Crippen LogP contribution in [0.25, 0.3) is 0 Å². The molecule has 0 radical (unpaired) electrons. The minimum absolute atomic E-state index is 0.00723. The van der Waals surface area contributed by atoms with Crippen molar-refractivity contribution in [3.63, 3.8) is 0 Å². The molecular formula is C16H19NO. The second kappa shape index (κ2) is 6.22. The highest BCUT2D eigenvalue weighted by atomic mass is 16.5. The summed E-state index contributed by atoms with van der Waals surface area (Å²) in [7, 11) is 0. The molecule has 1 unspecified atom stereocenters. The zero-order valence-electron chi connectivity index (χ0n) is 10.7. The van der Waals surface area contributed by atoms with Gasteiger partial charge in [0.05, 0.1) is 6.61 Å². The van der Waals surface area contributed by atoms with Gasteiger partial charge < -0.3 is 10.5 Å². The predicted octanol–water partition coefficient (Wildman–Crippen LogP) is 3.33. The quantitative estimate of drug-likeness (QED) is 0.871. The van der Waals surface area contributed by atoms with E-state index in [1.54, 1.807) is 0 Å². The lowest BCUT2D eigenvalue weighted by Crippen LogP contribution is -2.13. The van der Waals surface area contributed by atoms with Crippen LogP contribution in [-0.2, 0) is 6.42 Å². The molecule has 0 spiro atoms. The lowest BCUT2D eigenvalue weighted by atomic mass is 9.99. The van der Waals surface area contributed by atoms with E-state index in [4.69, 9.17) is 10.5 Å². The van der Waals surface area contributed by atoms with Gasteiger partial charge in [-0.05, 0) is 30.5 Å². The lowest BCUT2D eigenvalue weighted by Gasteiger charge is -2.15. The van der Waals surface area contributed by atoms with Gasteiger partial charge in [0, 0.05) is 6.04 Å². The summed E-state index contributed by atoms with van der Waals surface area (Å²) in [5, 5.41) is 0. The van der Waals surface area contributed by atoms with Crippen molar-refractivity contribution >= 4 is 0 Å². The van der Waals surface area contributed by atoms with Gasteiger partial charge in [-0.1, -0.05) is 48.5 Å². The zero-order chi connectivity index (χ0) is 12.8. The van der Waals surface area contributed by atoms with Gasteiger partial charge in [0.1, 0.15) is 5.75 Å².